The molecule has 3 rings (SSSR count). The number of aromatic nitrogens is 1. The number of amides is 3. The maximum atomic E-state index is 12.8. The van der Waals surface area contributed by atoms with Gasteiger partial charge in [0.2, 0.25) is 5.91 Å². The summed E-state index contributed by atoms with van der Waals surface area (Å²) in [6.45, 7) is 5.71. The lowest BCUT2D eigenvalue weighted by Gasteiger charge is -2.36. The first-order valence-electron chi connectivity index (χ1n) is 8.22. The molecule has 1 aromatic rings. The Bertz CT molecular complexity index is 592. The van der Waals surface area contributed by atoms with E-state index in [0.29, 0.717) is 37.8 Å². The number of nitrogens with zero attached hydrogens (tertiary/aromatic N) is 2. The molecule has 3 amide bonds. The third-order valence-electron chi connectivity index (χ3n) is 4.68. The molecule has 3 heterocycles. The maximum absolute atomic E-state index is 12.8. The van der Waals surface area contributed by atoms with E-state index < -0.39 is 0 Å². The number of ether oxygens (including phenoxy) is 1. The molecule has 0 spiro atoms. The van der Waals surface area contributed by atoms with Gasteiger partial charge in [0, 0.05) is 26.2 Å². The maximum Gasteiger partial charge on any atom is 0.324 e. The van der Waals surface area contributed by atoms with Crippen LogP contribution < -0.4 is 5.32 Å². The molecule has 2 aliphatic heterocycles. The van der Waals surface area contributed by atoms with Crippen molar-refractivity contribution in [3.63, 3.8) is 0 Å². The lowest BCUT2D eigenvalue weighted by atomic mass is 9.84. The highest BCUT2D eigenvalue weighted by Gasteiger charge is 2.39. The number of carbonyl (C=O) groups is 2. The van der Waals surface area contributed by atoms with Gasteiger partial charge < -0.3 is 14.5 Å². The second-order valence-corrected chi connectivity index (χ2v) is 6.14. The molecule has 0 saturated carbocycles. The van der Waals surface area contributed by atoms with Crippen molar-refractivity contribution >= 4 is 11.9 Å². The van der Waals surface area contributed by atoms with Gasteiger partial charge in [-0.15, -0.1) is 0 Å². The Hall–Kier alpha value is -1.89. The summed E-state index contributed by atoms with van der Waals surface area (Å²) in [6, 6.07) is -0.354. The van der Waals surface area contributed by atoms with Gasteiger partial charge >= 0.3 is 6.03 Å². The summed E-state index contributed by atoms with van der Waals surface area (Å²) in [5, 5.41) is 2.83. The summed E-state index contributed by atoms with van der Waals surface area (Å²) in [5.41, 5.74) is 0.732. The van der Waals surface area contributed by atoms with Crippen LogP contribution in [-0.4, -0.2) is 41.6 Å². The van der Waals surface area contributed by atoms with Crippen molar-refractivity contribution in [2.75, 3.05) is 19.8 Å². The van der Waals surface area contributed by atoms with Gasteiger partial charge in [0.05, 0.1) is 18.2 Å². The largest absolute Gasteiger partial charge is 0.444 e. The molecule has 0 bridgehead atoms. The fourth-order valence-corrected chi connectivity index (χ4v) is 3.25. The molecule has 0 aromatic carbocycles. The van der Waals surface area contributed by atoms with Crippen molar-refractivity contribution in [3.05, 3.63) is 17.3 Å². The number of oxazole rings is 1. The molecule has 1 atom stereocenters. The Kier molecular flexibility index (Phi) is 4.66. The van der Waals surface area contributed by atoms with Crippen LogP contribution in [0.2, 0.25) is 0 Å². The standard InChI is InChI=1S/C16H23N3O4/c1-3-14-18-10(2)13(23-14)9-19-15(20)12(8-17-16(19)21)11-4-6-22-7-5-11/h11-12H,3-9H2,1-2H3,(H,17,21). The summed E-state index contributed by atoms with van der Waals surface area (Å²) in [5.74, 6) is 1.18. The Balaban J connectivity index is 1.75. The fourth-order valence-electron chi connectivity index (χ4n) is 3.25. The number of nitrogens with one attached hydrogen (secondary N) is 1. The number of carbonyl (C=O) groups excluding carboxylic acids is 2. The van der Waals surface area contributed by atoms with Crippen LogP contribution >= 0.6 is 0 Å². The van der Waals surface area contributed by atoms with Crippen molar-refractivity contribution in [1.29, 1.82) is 0 Å². The summed E-state index contributed by atoms with van der Waals surface area (Å²) in [7, 11) is 0. The number of urea groups is 1. The predicted octanol–water partition coefficient (Wildman–Crippen LogP) is 1.64. The lowest BCUT2D eigenvalue weighted by molar-refractivity contribution is -0.137. The minimum Gasteiger partial charge on any atom is -0.444 e. The minimum absolute atomic E-state index is 0.116. The van der Waals surface area contributed by atoms with Crippen LogP contribution in [0.3, 0.4) is 0 Å². The first-order chi connectivity index (χ1) is 11.1. The molecule has 7 heteroatoms. The average Bonchev–Trinajstić information content (AvgIpc) is 2.92. The van der Waals surface area contributed by atoms with Crippen molar-refractivity contribution in [3.8, 4) is 0 Å². The molecule has 1 unspecified atom stereocenters. The molecule has 23 heavy (non-hydrogen) atoms. The molecule has 126 valence electrons. The molecule has 2 aliphatic rings. The van der Waals surface area contributed by atoms with Gasteiger partial charge in [0.25, 0.3) is 0 Å². The molecule has 7 nitrogen and oxygen atoms in total. The number of hydrogen-bond donors (Lipinski definition) is 1. The van der Waals surface area contributed by atoms with E-state index in [1.165, 1.54) is 4.90 Å². The van der Waals surface area contributed by atoms with Crippen LogP contribution in [0.4, 0.5) is 4.79 Å². The summed E-state index contributed by atoms with van der Waals surface area (Å²) in [6.07, 6.45) is 2.41. The highest BCUT2D eigenvalue weighted by Crippen LogP contribution is 2.28. The normalized spacial score (nSPS) is 23.2. The van der Waals surface area contributed by atoms with Crippen LogP contribution in [0, 0.1) is 18.8 Å². The molecule has 0 radical (unpaired) electrons. The van der Waals surface area contributed by atoms with Crippen molar-refractivity contribution in [1.82, 2.24) is 15.2 Å². The Labute approximate surface area is 135 Å². The monoisotopic (exact) mass is 321 g/mol. The van der Waals surface area contributed by atoms with E-state index in [0.717, 1.165) is 18.5 Å². The molecular formula is C16H23N3O4. The zero-order chi connectivity index (χ0) is 16.4. The molecule has 1 N–H and O–H groups in total. The van der Waals surface area contributed by atoms with Crippen LogP contribution in [0.25, 0.3) is 0 Å². The number of rotatable bonds is 4. The first-order valence-corrected chi connectivity index (χ1v) is 8.22. The van der Waals surface area contributed by atoms with Gasteiger partial charge in [-0.05, 0) is 25.7 Å². The second kappa shape index (κ2) is 6.70. The van der Waals surface area contributed by atoms with Gasteiger partial charge in [-0.3, -0.25) is 9.69 Å². The predicted molar refractivity (Wildman–Crippen MR) is 81.6 cm³/mol. The van der Waals surface area contributed by atoms with E-state index in [1.807, 2.05) is 13.8 Å². The zero-order valence-electron chi connectivity index (χ0n) is 13.6. The van der Waals surface area contributed by atoms with Gasteiger partial charge in [0.15, 0.2) is 5.89 Å². The van der Waals surface area contributed by atoms with E-state index in [4.69, 9.17) is 9.15 Å². The van der Waals surface area contributed by atoms with Crippen molar-refractivity contribution in [2.45, 2.75) is 39.7 Å². The Morgan fingerprint density at radius 2 is 2.04 bits per heavy atom. The first kappa shape index (κ1) is 16.0. The van der Waals surface area contributed by atoms with E-state index in [-0.39, 0.29) is 30.3 Å². The quantitative estimate of drug-likeness (QED) is 0.911. The van der Waals surface area contributed by atoms with E-state index in [2.05, 4.69) is 10.3 Å². The zero-order valence-corrected chi connectivity index (χ0v) is 13.6. The highest BCUT2D eigenvalue weighted by atomic mass is 16.5. The Morgan fingerprint density at radius 3 is 2.70 bits per heavy atom. The molecule has 2 saturated heterocycles. The average molecular weight is 321 g/mol. The molecule has 1 aromatic heterocycles. The third-order valence-corrected chi connectivity index (χ3v) is 4.68. The summed E-state index contributed by atoms with van der Waals surface area (Å²) in [4.78, 5) is 30.5. The topological polar surface area (TPSA) is 84.7 Å². The highest BCUT2D eigenvalue weighted by molar-refractivity contribution is 5.98. The van der Waals surface area contributed by atoms with Gasteiger partial charge in [-0.1, -0.05) is 6.92 Å². The van der Waals surface area contributed by atoms with E-state index in [1.54, 1.807) is 0 Å². The molecule has 2 fully saturated rings. The van der Waals surface area contributed by atoms with E-state index in [9.17, 15) is 9.59 Å². The molecule has 0 aliphatic carbocycles. The smallest absolute Gasteiger partial charge is 0.324 e. The SMILES string of the molecule is CCc1nc(C)c(CN2C(=O)NCC(C3CCOCC3)C2=O)o1. The number of aryl methyl sites for hydroxylation is 2. The third kappa shape index (κ3) is 3.24. The van der Waals surface area contributed by atoms with Crippen LogP contribution in [0.1, 0.15) is 37.1 Å². The minimum atomic E-state index is -0.354. The lowest BCUT2D eigenvalue weighted by Crippen LogP contribution is -2.56. The second-order valence-electron chi connectivity index (χ2n) is 6.14. The number of imide groups is 1. The van der Waals surface area contributed by atoms with Gasteiger partial charge in [-0.25, -0.2) is 9.78 Å². The van der Waals surface area contributed by atoms with E-state index >= 15 is 0 Å². The van der Waals surface area contributed by atoms with Gasteiger partial charge in [-0.2, -0.15) is 0 Å². The van der Waals surface area contributed by atoms with Crippen molar-refractivity contribution < 1.29 is 18.7 Å². The Morgan fingerprint density at radius 1 is 1.30 bits per heavy atom. The van der Waals surface area contributed by atoms with Gasteiger partial charge in [0.1, 0.15) is 5.76 Å². The summed E-state index contributed by atoms with van der Waals surface area (Å²) < 4.78 is 11.0. The van der Waals surface area contributed by atoms with Crippen LogP contribution in [-0.2, 0) is 22.5 Å². The summed E-state index contributed by atoms with van der Waals surface area (Å²) >= 11 is 0. The van der Waals surface area contributed by atoms with Crippen LogP contribution in [0.15, 0.2) is 4.42 Å². The van der Waals surface area contributed by atoms with Crippen molar-refractivity contribution in [2.24, 2.45) is 11.8 Å². The molecular weight excluding hydrogens is 298 g/mol. The fraction of sp³-hybridized carbons (Fsp3) is 0.688. The van der Waals surface area contributed by atoms with Crippen LogP contribution in [0.5, 0.6) is 0 Å². The number of hydrogen-bond acceptors (Lipinski definition) is 5.